The third kappa shape index (κ3) is 5.71. The van der Waals surface area contributed by atoms with Gasteiger partial charge >= 0.3 is 0 Å². The molecule has 2 aromatic rings. The van der Waals surface area contributed by atoms with Crippen LogP contribution in [0.5, 0.6) is 0 Å². The Morgan fingerprint density at radius 2 is 2.20 bits per heavy atom. The minimum atomic E-state index is -0.186. The third-order valence-electron chi connectivity index (χ3n) is 5.24. The molecule has 162 valence electrons. The molecule has 0 unspecified atom stereocenters. The molecule has 1 aliphatic rings. The summed E-state index contributed by atoms with van der Waals surface area (Å²) in [5.41, 5.74) is 2.40. The van der Waals surface area contributed by atoms with Crippen LogP contribution in [-0.4, -0.2) is 47.5 Å². The van der Waals surface area contributed by atoms with Crippen LogP contribution in [0.2, 0.25) is 0 Å². The van der Waals surface area contributed by atoms with E-state index in [2.05, 4.69) is 34.5 Å². The van der Waals surface area contributed by atoms with E-state index in [0.29, 0.717) is 54.9 Å². The number of rotatable bonds is 10. The quantitative estimate of drug-likeness (QED) is 0.341. The highest BCUT2D eigenvalue weighted by Gasteiger charge is 2.16. The number of aromatic nitrogens is 3. The fourth-order valence-corrected chi connectivity index (χ4v) is 3.71. The van der Waals surface area contributed by atoms with Crippen LogP contribution in [0, 0.1) is 5.92 Å². The molecule has 1 fully saturated rings. The van der Waals surface area contributed by atoms with Crippen LogP contribution in [0.25, 0.3) is 16.7 Å². The van der Waals surface area contributed by atoms with Crippen molar-refractivity contribution in [1.82, 2.24) is 14.5 Å². The van der Waals surface area contributed by atoms with Crippen molar-refractivity contribution in [1.29, 1.82) is 0 Å². The molecule has 0 aromatic carbocycles. The topological polar surface area (TPSA) is 78.3 Å². The smallest absolute Gasteiger partial charge is 0.295 e. The number of nitrogens with zero attached hydrogens (tertiary/aromatic N) is 3. The van der Waals surface area contributed by atoms with Gasteiger partial charge in [-0.15, -0.1) is 0 Å². The van der Waals surface area contributed by atoms with Crippen molar-refractivity contribution in [2.45, 2.75) is 32.7 Å². The molecule has 0 spiro atoms. The van der Waals surface area contributed by atoms with Crippen LogP contribution in [0.1, 0.15) is 31.9 Å². The van der Waals surface area contributed by atoms with Gasteiger partial charge in [-0.05, 0) is 61.3 Å². The minimum absolute atomic E-state index is 0.186. The van der Waals surface area contributed by atoms with Gasteiger partial charge in [0, 0.05) is 26.4 Å². The highest BCUT2D eigenvalue weighted by molar-refractivity contribution is 7.83. The number of anilines is 1. The maximum absolute atomic E-state index is 13.1. The van der Waals surface area contributed by atoms with Gasteiger partial charge in [0.05, 0.1) is 18.8 Å². The summed E-state index contributed by atoms with van der Waals surface area (Å²) in [6.07, 6.45) is 4.90. The third-order valence-corrected chi connectivity index (χ3v) is 5.39. The number of allylic oxidation sites excluding steroid dienone is 2. The second-order valence-corrected chi connectivity index (χ2v) is 7.56. The van der Waals surface area contributed by atoms with E-state index in [1.807, 2.05) is 19.1 Å². The Hall–Kier alpha value is -2.16. The summed E-state index contributed by atoms with van der Waals surface area (Å²) in [6, 6.07) is 3.73. The molecule has 3 rings (SSSR count). The van der Waals surface area contributed by atoms with Crippen molar-refractivity contribution >= 4 is 35.2 Å². The first kappa shape index (κ1) is 22.5. The molecule has 1 aliphatic heterocycles. The largest absolute Gasteiger partial charge is 0.381 e. The normalized spacial score (nSPS) is 15.1. The van der Waals surface area contributed by atoms with Gasteiger partial charge in [0.1, 0.15) is 5.52 Å². The average molecular weight is 431 g/mol. The first-order valence-electron chi connectivity index (χ1n) is 10.4. The molecular formula is C22H30N4O3S. The fraction of sp³-hybridized carbons (Fsp3) is 0.500. The lowest BCUT2D eigenvalue weighted by Crippen LogP contribution is -2.28. The molecule has 1 N–H and O–H groups in total. The van der Waals surface area contributed by atoms with Gasteiger partial charge in [-0.3, -0.25) is 9.36 Å². The van der Waals surface area contributed by atoms with Crippen molar-refractivity contribution < 1.29 is 9.47 Å². The number of hydrogen-bond acceptors (Lipinski definition) is 7. The molecule has 7 nitrogen and oxygen atoms in total. The van der Waals surface area contributed by atoms with E-state index in [4.69, 9.17) is 9.47 Å². The molecule has 0 aliphatic carbocycles. The Morgan fingerprint density at radius 3 is 2.93 bits per heavy atom. The fourth-order valence-electron chi connectivity index (χ4n) is 3.53. The highest BCUT2D eigenvalue weighted by Crippen LogP contribution is 2.19. The minimum Gasteiger partial charge on any atom is -0.381 e. The number of hydrogen-bond donors (Lipinski definition) is 2. The van der Waals surface area contributed by atoms with Crippen LogP contribution < -0.4 is 10.9 Å². The molecule has 2 aromatic heterocycles. The molecule has 0 bridgehead atoms. The van der Waals surface area contributed by atoms with Gasteiger partial charge in [0.2, 0.25) is 0 Å². The number of thiol groups is 1. The molecule has 3 heterocycles. The summed E-state index contributed by atoms with van der Waals surface area (Å²) in [5, 5.41) is 4.86. The van der Waals surface area contributed by atoms with Gasteiger partial charge in [0.15, 0.2) is 11.5 Å². The van der Waals surface area contributed by atoms with Gasteiger partial charge < -0.3 is 14.8 Å². The Morgan fingerprint density at radius 1 is 1.40 bits per heavy atom. The molecular weight excluding hydrogens is 400 g/mol. The molecule has 30 heavy (non-hydrogen) atoms. The van der Waals surface area contributed by atoms with Crippen molar-refractivity contribution in [3.63, 3.8) is 0 Å². The van der Waals surface area contributed by atoms with Crippen LogP contribution in [0.4, 0.5) is 5.82 Å². The monoisotopic (exact) mass is 430 g/mol. The standard InChI is InChI=1S/C22H30N4O3S/c1-3-28-14-11-26-21-19(5-4-18(25-21)16(2)9-15-30)24-20(22(26)27)23-10-6-17-7-12-29-13-8-17/h4-5,9,15,17,30H,2-3,6-8,10-14H2,1H3,(H,23,24)/b15-9-. The maximum Gasteiger partial charge on any atom is 0.295 e. The van der Waals surface area contributed by atoms with Crippen LogP contribution in [-0.2, 0) is 16.0 Å². The lowest BCUT2D eigenvalue weighted by Gasteiger charge is -2.22. The summed E-state index contributed by atoms with van der Waals surface area (Å²) in [6.45, 7) is 9.72. The first-order chi connectivity index (χ1) is 14.6. The number of fused-ring (bicyclic) bond motifs is 1. The van der Waals surface area contributed by atoms with Crippen LogP contribution in [0.15, 0.2) is 35.0 Å². The van der Waals surface area contributed by atoms with Crippen molar-refractivity contribution in [2.75, 3.05) is 38.3 Å². The number of pyridine rings is 1. The maximum atomic E-state index is 13.1. The first-order valence-corrected chi connectivity index (χ1v) is 11.0. The SMILES string of the molecule is C=C(/C=C\S)c1ccc2nc(NCCC3CCOCC3)c(=O)n(CCOCC)c2n1. The van der Waals surface area contributed by atoms with E-state index >= 15 is 0 Å². The van der Waals surface area contributed by atoms with E-state index in [1.54, 1.807) is 16.1 Å². The molecule has 0 amide bonds. The highest BCUT2D eigenvalue weighted by atomic mass is 32.1. The zero-order valence-electron chi connectivity index (χ0n) is 17.5. The average Bonchev–Trinajstić information content (AvgIpc) is 2.76. The molecule has 8 heteroatoms. The van der Waals surface area contributed by atoms with E-state index in [1.165, 1.54) is 0 Å². The summed E-state index contributed by atoms with van der Waals surface area (Å²) in [7, 11) is 0. The lowest BCUT2D eigenvalue weighted by atomic mass is 9.97. The van der Waals surface area contributed by atoms with Crippen LogP contribution in [0.3, 0.4) is 0 Å². The predicted octanol–water partition coefficient (Wildman–Crippen LogP) is 3.51. The molecule has 0 saturated carbocycles. The Labute approximate surface area is 182 Å². The summed E-state index contributed by atoms with van der Waals surface area (Å²) in [5.74, 6) is 0.983. The zero-order chi connectivity index (χ0) is 21.3. The van der Waals surface area contributed by atoms with Crippen molar-refractivity contribution in [3.8, 4) is 0 Å². The molecule has 0 radical (unpaired) electrons. The Bertz CT molecular complexity index is 951. The summed E-state index contributed by atoms with van der Waals surface area (Å²) >= 11 is 4.09. The van der Waals surface area contributed by atoms with Crippen LogP contribution >= 0.6 is 12.6 Å². The van der Waals surface area contributed by atoms with E-state index < -0.39 is 0 Å². The second kappa shape index (κ2) is 11.3. The number of nitrogens with one attached hydrogen (secondary N) is 1. The van der Waals surface area contributed by atoms with Crippen molar-refractivity contribution in [3.05, 3.63) is 46.2 Å². The Balaban J connectivity index is 1.87. The van der Waals surface area contributed by atoms with Gasteiger partial charge in [-0.2, -0.15) is 12.6 Å². The van der Waals surface area contributed by atoms with Gasteiger partial charge in [-0.1, -0.05) is 6.58 Å². The van der Waals surface area contributed by atoms with E-state index in [0.717, 1.165) is 38.0 Å². The van der Waals surface area contributed by atoms with Gasteiger partial charge in [0.25, 0.3) is 5.56 Å². The zero-order valence-corrected chi connectivity index (χ0v) is 18.4. The van der Waals surface area contributed by atoms with Gasteiger partial charge in [-0.25, -0.2) is 9.97 Å². The lowest BCUT2D eigenvalue weighted by molar-refractivity contribution is 0.0649. The van der Waals surface area contributed by atoms with E-state index in [-0.39, 0.29) is 5.56 Å². The predicted molar refractivity (Wildman–Crippen MR) is 124 cm³/mol. The number of ether oxygens (including phenoxy) is 2. The molecule has 1 saturated heterocycles. The van der Waals surface area contributed by atoms with E-state index in [9.17, 15) is 4.79 Å². The molecule has 0 atom stereocenters. The van der Waals surface area contributed by atoms with Crippen molar-refractivity contribution in [2.24, 2.45) is 5.92 Å². The summed E-state index contributed by atoms with van der Waals surface area (Å²) < 4.78 is 12.5. The second-order valence-electron chi connectivity index (χ2n) is 7.27. The Kier molecular flexibility index (Phi) is 8.48. The summed E-state index contributed by atoms with van der Waals surface area (Å²) in [4.78, 5) is 22.3.